The Kier molecular flexibility index (Phi) is 4.50. The fourth-order valence-corrected chi connectivity index (χ4v) is 2.76. The number of aromatic nitrogens is 2. The van der Waals surface area contributed by atoms with Crippen LogP contribution in [-0.2, 0) is 0 Å². The molecule has 1 aromatic carbocycles. The standard InChI is InChI=1S/C16H15N3O3S/c1-10-18-16(22-19-10)12-4-2-11(3-5-12)15(21)17-8-14(20)13-6-7-23-9-13/h2-7,9,14,20H,8H2,1H3,(H,17,21). The summed E-state index contributed by atoms with van der Waals surface area (Å²) in [5.74, 6) is 0.735. The normalized spacial score (nSPS) is 12.1. The summed E-state index contributed by atoms with van der Waals surface area (Å²) >= 11 is 1.51. The number of hydrogen-bond donors (Lipinski definition) is 2. The second-order valence-corrected chi connectivity index (χ2v) is 5.79. The Bertz CT molecular complexity index is 781. The van der Waals surface area contributed by atoms with Crippen LogP contribution < -0.4 is 5.32 Å². The Morgan fingerprint density at radius 2 is 2.13 bits per heavy atom. The van der Waals surface area contributed by atoms with E-state index in [1.165, 1.54) is 11.3 Å². The summed E-state index contributed by atoms with van der Waals surface area (Å²) in [5, 5.41) is 20.2. The molecule has 1 atom stereocenters. The summed E-state index contributed by atoms with van der Waals surface area (Å²) in [4.78, 5) is 16.2. The number of carbonyl (C=O) groups excluding carboxylic acids is 1. The van der Waals surface area contributed by atoms with Crippen LogP contribution in [0, 0.1) is 6.92 Å². The van der Waals surface area contributed by atoms with Gasteiger partial charge in [0.25, 0.3) is 11.8 Å². The maximum Gasteiger partial charge on any atom is 0.257 e. The van der Waals surface area contributed by atoms with Gasteiger partial charge in [0.05, 0.1) is 6.10 Å². The molecule has 0 fully saturated rings. The van der Waals surface area contributed by atoms with Gasteiger partial charge in [0.15, 0.2) is 5.82 Å². The summed E-state index contributed by atoms with van der Waals surface area (Å²) in [6, 6.07) is 8.69. The third kappa shape index (κ3) is 3.64. The highest BCUT2D eigenvalue weighted by molar-refractivity contribution is 7.07. The molecular weight excluding hydrogens is 314 g/mol. The molecule has 7 heteroatoms. The van der Waals surface area contributed by atoms with E-state index in [-0.39, 0.29) is 12.5 Å². The first-order chi connectivity index (χ1) is 11.1. The van der Waals surface area contributed by atoms with Crippen LogP contribution in [0.25, 0.3) is 11.5 Å². The van der Waals surface area contributed by atoms with Crippen LogP contribution >= 0.6 is 11.3 Å². The maximum atomic E-state index is 12.1. The fraction of sp³-hybridized carbons (Fsp3) is 0.188. The monoisotopic (exact) mass is 329 g/mol. The van der Waals surface area contributed by atoms with Gasteiger partial charge in [-0.1, -0.05) is 5.16 Å². The van der Waals surface area contributed by atoms with Crippen molar-refractivity contribution in [1.82, 2.24) is 15.5 Å². The molecule has 3 aromatic rings. The SMILES string of the molecule is Cc1noc(-c2ccc(C(=O)NCC(O)c3ccsc3)cc2)n1. The van der Waals surface area contributed by atoms with E-state index in [0.29, 0.717) is 17.3 Å². The summed E-state index contributed by atoms with van der Waals surface area (Å²) < 4.78 is 5.08. The van der Waals surface area contributed by atoms with Crippen LogP contribution in [0.15, 0.2) is 45.6 Å². The second kappa shape index (κ2) is 6.72. The summed E-state index contributed by atoms with van der Waals surface area (Å²) in [5.41, 5.74) is 2.06. The molecule has 1 unspecified atom stereocenters. The quantitative estimate of drug-likeness (QED) is 0.751. The Labute approximate surface area is 136 Å². The number of carbonyl (C=O) groups is 1. The molecule has 23 heavy (non-hydrogen) atoms. The first-order valence-corrected chi connectivity index (χ1v) is 7.97. The number of aryl methyl sites for hydroxylation is 1. The van der Waals surface area contributed by atoms with Crippen molar-refractivity contribution in [3.8, 4) is 11.5 Å². The first kappa shape index (κ1) is 15.4. The van der Waals surface area contributed by atoms with Crippen LogP contribution in [0.4, 0.5) is 0 Å². The van der Waals surface area contributed by atoms with Crippen LogP contribution in [-0.4, -0.2) is 27.7 Å². The van der Waals surface area contributed by atoms with Crippen molar-refractivity contribution >= 4 is 17.2 Å². The fourth-order valence-electron chi connectivity index (χ4n) is 2.05. The lowest BCUT2D eigenvalue weighted by Crippen LogP contribution is -2.28. The van der Waals surface area contributed by atoms with Gasteiger partial charge in [-0.15, -0.1) is 0 Å². The average Bonchev–Trinajstić information content (AvgIpc) is 3.24. The second-order valence-electron chi connectivity index (χ2n) is 5.01. The van der Waals surface area contributed by atoms with Crippen molar-refractivity contribution in [2.45, 2.75) is 13.0 Å². The molecule has 118 valence electrons. The Hall–Kier alpha value is -2.51. The predicted octanol–water partition coefficient (Wildman–Crippen LogP) is 2.57. The highest BCUT2D eigenvalue weighted by atomic mass is 32.1. The Balaban J connectivity index is 1.61. The zero-order valence-electron chi connectivity index (χ0n) is 12.4. The minimum atomic E-state index is -0.703. The molecule has 6 nitrogen and oxygen atoms in total. The Morgan fingerprint density at radius 1 is 1.35 bits per heavy atom. The molecule has 0 saturated heterocycles. The van der Waals surface area contributed by atoms with Crippen LogP contribution in [0.5, 0.6) is 0 Å². The molecular formula is C16H15N3O3S. The molecule has 0 bridgehead atoms. The largest absolute Gasteiger partial charge is 0.387 e. The predicted molar refractivity (Wildman–Crippen MR) is 86.1 cm³/mol. The first-order valence-electron chi connectivity index (χ1n) is 7.02. The molecule has 0 radical (unpaired) electrons. The zero-order valence-corrected chi connectivity index (χ0v) is 13.2. The van der Waals surface area contributed by atoms with Crippen molar-refractivity contribution in [2.75, 3.05) is 6.54 Å². The van der Waals surface area contributed by atoms with Crippen LogP contribution in [0.1, 0.15) is 27.8 Å². The number of aliphatic hydroxyl groups is 1. The van der Waals surface area contributed by atoms with Gasteiger partial charge < -0.3 is 14.9 Å². The van der Waals surface area contributed by atoms with E-state index in [1.54, 1.807) is 31.2 Å². The van der Waals surface area contributed by atoms with Crippen molar-refractivity contribution in [1.29, 1.82) is 0 Å². The van der Waals surface area contributed by atoms with Crippen LogP contribution in [0.2, 0.25) is 0 Å². The molecule has 3 rings (SSSR count). The highest BCUT2D eigenvalue weighted by Gasteiger charge is 2.12. The molecule has 0 aliphatic heterocycles. The number of hydrogen-bond acceptors (Lipinski definition) is 6. The van der Waals surface area contributed by atoms with E-state index in [1.807, 2.05) is 16.8 Å². The highest BCUT2D eigenvalue weighted by Crippen LogP contribution is 2.18. The smallest absolute Gasteiger partial charge is 0.257 e. The van der Waals surface area contributed by atoms with Crippen molar-refractivity contribution in [3.05, 3.63) is 58.0 Å². The van der Waals surface area contributed by atoms with Gasteiger partial charge in [-0.3, -0.25) is 4.79 Å². The number of nitrogens with zero attached hydrogens (tertiary/aromatic N) is 2. The molecule has 1 amide bonds. The van der Waals surface area contributed by atoms with E-state index in [0.717, 1.165) is 11.1 Å². The third-order valence-electron chi connectivity index (χ3n) is 3.31. The van der Waals surface area contributed by atoms with E-state index < -0.39 is 6.10 Å². The van der Waals surface area contributed by atoms with Gasteiger partial charge in [0, 0.05) is 17.7 Å². The number of aliphatic hydroxyl groups excluding tert-OH is 1. The van der Waals surface area contributed by atoms with Crippen molar-refractivity contribution < 1.29 is 14.4 Å². The molecule has 0 aliphatic rings. The lowest BCUT2D eigenvalue weighted by molar-refractivity contribution is 0.0916. The molecule has 0 aliphatic carbocycles. The van der Waals surface area contributed by atoms with Gasteiger partial charge in [-0.05, 0) is 53.6 Å². The summed E-state index contributed by atoms with van der Waals surface area (Å²) in [7, 11) is 0. The van der Waals surface area contributed by atoms with Crippen molar-refractivity contribution in [3.63, 3.8) is 0 Å². The lowest BCUT2D eigenvalue weighted by Gasteiger charge is -2.10. The lowest BCUT2D eigenvalue weighted by atomic mass is 10.1. The van der Waals surface area contributed by atoms with Gasteiger partial charge in [-0.2, -0.15) is 16.3 Å². The molecule has 2 aromatic heterocycles. The third-order valence-corrected chi connectivity index (χ3v) is 4.01. The van der Waals surface area contributed by atoms with E-state index in [9.17, 15) is 9.90 Å². The van der Waals surface area contributed by atoms with Gasteiger partial charge >= 0.3 is 0 Å². The molecule has 2 N–H and O–H groups in total. The number of benzene rings is 1. The topological polar surface area (TPSA) is 88.2 Å². The van der Waals surface area contributed by atoms with Gasteiger partial charge in [0.1, 0.15) is 0 Å². The number of thiophene rings is 1. The average molecular weight is 329 g/mol. The number of rotatable bonds is 5. The summed E-state index contributed by atoms with van der Waals surface area (Å²) in [6.45, 7) is 1.91. The van der Waals surface area contributed by atoms with Crippen molar-refractivity contribution in [2.24, 2.45) is 0 Å². The molecule has 0 saturated carbocycles. The maximum absolute atomic E-state index is 12.1. The zero-order chi connectivity index (χ0) is 16.2. The van der Waals surface area contributed by atoms with Gasteiger partial charge in [-0.25, -0.2) is 0 Å². The molecule has 0 spiro atoms. The van der Waals surface area contributed by atoms with Gasteiger partial charge in [0.2, 0.25) is 0 Å². The van der Waals surface area contributed by atoms with Crippen LogP contribution in [0.3, 0.4) is 0 Å². The molecule has 2 heterocycles. The minimum Gasteiger partial charge on any atom is -0.387 e. The number of nitrogens with one attached hydrogen (secondary N) is 1. The Morgan fingerprint density at radius 3 is 2.74 bits per heavy atom. The van der Waals surface area contributed by atoms with E-state index >= 15 is 0 Å². The minimum absolute atomic E-state index is 0.167. The summed E-state index contributed by atoms with van der Waals surface area (Å²) in [6.07, 6.45) is -0.703. The van der Waals surface area contributed by atoms with E-state index in [2.05, 4.69) is 15.5 Å². The van der Waals surface area contributed by atoms with E-state index in [4.69, 9.17) is 4.52 Å². The number of amides is 1.